The first-order valence-electron chi connectivity index (χ1n) is 9.48. The summed E-state index contributed by atoms with van der Waals surface area (Å²) in [4.78, 5) is 36.3. The molecular weight excluding hydrogens is 362 g/mol. The van der Waals surface area contributed by atoms with Gasteiger partial charge in [-0.2, -0.15) is 0 Å². The van der Waals surface area contributed by atoms with Crippen molar-refractivity contribution in [3.05, 3.63) is 35.9 Å². The number of hydrogen-bond acceptors (Lipinski definition) is 4. The van der Waals surface area contributed by atoms with E-state index in [2.05, 4.69) is 16.0 Å². The normalized spacial score (nSPS) is 19.9. The van der Waals surface area contributed by atoms with Crippen LogP contribution < -0.4 is 16.0 Å². The second-order valence-corrected chi connectivity index (χ2v) is 8.55. The summed E-state index contributed by atoms with van der Waals surface area (Å²) in [6, 6.07) is 9.29. The Labute approximate surface area is 165 Å². The molecule has 2 unspecified atom stereocenters. The molecule has 0 bridgehead atoms. The average molecular weight is 392 g/mol. The van der Waals surface area contributed by atoms with Gasteiger partial charge in [-0.1, -0.05) is 37.3 Å². The molecule has 0 aromatic heterocycles. The number of carbonyl (C=O) groups excluding carboxylic acids is 3. The van der Waals surface area contributed by atoms with Crippen molar-refractivity contribution in [3.8, 4) is 0 Å². The molecule has 0 aliphatic carbocycles. The fourth-order valence-corrected chi connectivity index (χ4v) is 4.20. The molecule has 1 heterocycles. The SMILES string of the molecule is CCCC(=O)NCC(=O)NCC(NC(=O)C1(C)CCCS1)c1ccccc1. The van der Waals surface area contributed by atoms with E-state index >= 15 is 0 Å². The summed E-state index contributed by atoms with van der Waals surface area (Å²) in [6.45, 7) is 4.11. The molecule has 3 N–H and O–H groups in total. The highest BCUT2D eigenvalue weighted by Crippen LogP contribution is 2.38. The first kappa shape index (κ1) is 21.3. The zero-order chi connectivity index (χ0) is 19.7. The lowest BCUT2D eigenvalue weighted by Gasteiger charge is -2.27. The van der Waals surface area contributed by atoms with Crippen LogP contribution in [0.25, 0.3) is 0 Å². The number of thioether (sulfide) groups is 1. The molecule has 7 heteroatoms. The number of amides is 3. The number of hydrogen-bond donors (Lipinski definition) is 3. The molecule has 0 saturated carbocycles. The third kappa shape index (κ3) is 6.57. The molecule has 1 saturated heterocycles. The average Bonchev–Trinajstić information content (AvgIpc) is 3.12. The molecule has 1 fully saturated rings. The second-order valence-electron chi connectivity index (χ2n) is 6.95. The van der Waals surface area contributed by atoms with E-state index in [1.807, 2.05) is 44.2 Å². The Morgan fingerprint density at radius 2 is 1.89 bits per heavy atom. The van der Waals surface area contributed by atoms with E-state index in [0.717, 1.165) is 30.6 Å². The van der Waals surface area contributed by atoms with Crippen molar-refractivity contribution >= 4 is 29.5 Å². The van der Waals surface area contributed by atoms with Gasteiger partial charge in [0, 0.05) is 13.0 Å². The van der Waals surface area contributed by atoms with Gasteiger partial charge < -0.3 is 16.0 Å². The van der Waals surface area contributed by atoms with E-state index in [1.54, 1.807) is 11.8 Å². The molecule has 0 spiro atoms. The van der Waals surface area contributed by atoms with Crippen LogP contribution in [-0.2, 0) is 14.4 Å². The molecule has 6 nitrogen and oxygen atoms in total. The van der Waals surface area contributed by atoms with Gasteiger partial charge in [-0.25, -0.2) is 0 Å². The molecule has 1 aromatic carbocycles. The molecule has 1 aliphatic rings. The minimum Gasteiger partial charge on any atom is -0.352 e. The largest absolute Gasteiger partial charge is 0.352 e. The Hall–Kier alpha value is -2.02. The van der Waals surface area contributed by atoms with Crippen LogP contribution >= 0.6 is 11.8 Å². The van der Waals surface area contributed by atoms with Crippen molar-refractivity contribution in [1.29, 1.82) is 0 Å². The van der Waals surface area contributed by atoms with Crippen LogP contribution in [0.5, 0.6) is 0 Å². The van der Waals surface area contributed by atoms with Crippen LogP contribution in [0, 0.1) is 0 Å². The van der Waals surface area contributed by atoms with Gasteiger partial charge in [-0.05, 0) is 37.5 Å². The fraction of sp³-hybridized carbons (Fsp3) is 0.550. The summed E-state index contributed by atoms with van der Waals surface area (Å²) in [6.07, 6.45) is 3.05. The topological polar surface area (TPSA) is 87.3 Å². The lowest BCUT2D eigenvalue weighted by Crippen LogP contribution is -2.46. The number of nitrogens with one attached hydrogen (secondary N) is 3. The standard InChI is InChI=1S/C20H29N3O3S/c1-3-8-17(24)22-14-18(25)21-13-16(15-9-5-4-6-10-15)23-19(26)20(2)11-7-12-27-20/h4-6,9-10,16H,3,7-8,11-14H2,1-2H3,(H,21,25)(H,22,24)(H,23,26). The molecule has 1 aromatic rings. The minimum absolute atomic E-state index is 0.00403. The summed E-state index contributed by atoms with van der Waals surface area (Å²) in [5, 5.41) is 8.50. The van der Waals surface area contributed by atoms with E-state index in [1.165, 1.54) is 0 Å². The molecule has 148 valence electrons. The van der Waals surface area contributed by atoms with Crippen molar-refractivity contribution in [1.82, 2.24) is 16.0 Å². The van der Waals surface area contributed by atoms with E-state index in [9.17, 15) is 14.4 Å². The van der Waals surface area contributed by atoms with Crippen molar-refractivity contribution in [2.45, 2.75) is 50.3 Å². The van der Waals surface area contributed by atoms with Gasteiger partial charge in [0.1, 0.15) is 0 Å². The molecule has 0 radical (unpaired) electrons. The Morgan fingerprint density at radius 3 is 2.52 bits per heavy atom. The van der Waals surface area contributed by atoms with Crippen molar-refractivity contribution in [3.63, 3.8) is 0 Å². The first-order valence-corrected chi connectivity index (χ1v) is 10.5. The monoisotopic (exact) mass is 391 g/mol. The van der Waals surface area contributed by atoms with Gasteiger partial charge in [0.05, 0.1) is 17.3 Å². The maximum absolute atomic E-state index is 12.8. The van der Waals surface area contributed by atoms with Crippen LogP contribution in [0.4, 0.5) is 0 Å². The highest BCUT2D eigenvalue weighted by atomic mass is 32.2. The van der Waals surface area contributed by atoms with E-state index in [0.29, 0.717) is 6.42 Å². The summed E-state index contributed by atoms with van der Waals surface area (Å²) in [5.41, 5.74) is 0.938. The number of rotatable bonds is 9. The predicted octanol–water partition coefficient (Wildman–Crippen LogP) is 2.16. The van der Waals surface area contributed by atoms with Crippen molar-refractivity contribution in [2.75, 3.05) is 18.8 Å². The Kier molecular flexibility index (Phi) is 8.16. The van der Waals surface area contributed by atoms with E-state index in [4.69, 9.17) is 0 Å². The van der Waals surface area contributed by atoms with E-state index in [-0.39, 0.29) is 36.9 Å². The van der Waals surface area contributed by atoms with Crippen LogP contribution in [0.1, 0.15) is 51.1 Å². The Balaban J connectivity index is 1.94. The van der Waals surface area contributed by atoms with Crippen molar-refractivity contribution < 1.29 is 14.4 Å². The maximum atomic E-state index is 12.8. The van der Waals surface area contributed by atoms with Crippen LogP contribution in [0.2, 0.25) is 0 Å². The minimum atomic E-state index is -0.412. The second kappa shape index (κ2) is 10.3. The van der Waals surface area contributed by atoms with Gasteiger partial charge in [0.25, 0.3) is 0 Å². The molecule has 1 aliphatic heterocycles. The van der Waals surface area contributed by atoms with Crippen LogP contribution in [0.15, 0.2) is 30.3 Å². The fourth-order valence-electron chi connectivity index (χ4n) is 2.98. The molecule has 27 heavy (non-hydrogen) atoms. The maximum Gasteiger partial charge on any atom is 0.239 e. The lowest BCUT2D eigenvalue weighted by molar-refractivity contribution is -0.126. The smallest absolute Gasteiger partial charge is 0.239 e. The predicted molar refractivity (Wildman–Crippen MR) is 108 cm³/mol. The van der Waals surface area contributed by atoms with Crippen LogP contribution in [-0.4, -0.2) is 41.3 Å². The molecular formula is C20H29N3O3S. The number of benzene rings is 1. The Bertz CT molecular complexity index is 645. The third-order valence-electron chi connectivity index (χ3n) is 4.63. The highest BCUT2D eigenvalue weighted by molar-refractivity contribution is 8.01. The van der Waals surface area contributed by atoms with Gasteiger partial charge in [0.2, 0.25) is 17.7 Å². The summed E-state index contributed by atoms with van der Waals surface area (Å²) < 4.78 is -0.412. The van der Waals surface area contributed by atoms with Gasteiger partial charge >= 0.3 is 0 Å². The highest BCUT2D eigenvalue weighted by Gasteiger charge is 2.38. The Morgan fingerprint density at radius 1 is 1.15 bits per heavy atom. The van der Waals surface area contributed by atoms with Gasteiger partial charge in [0.15, 0.2) is 0 Å². The van der Waals surface area contributed by atoms with Crippen LogP contribution in [0.3, 0.4) is 0 Å². The summed E-state index contributed by atoms with van der Waals surface area (Å²) >= 11 is 1.68. The summed E-state index contributed by atoms with van der Waals surface area (Å²) in [5.74, 6) is 0.598. The summed E-state index contributed by atoms with van der Waals surface area (Å²) in [7, 11) is 0. The molecule has 2 atom stereocenters. The zero-order valence-electron chi connectivity index (χ0n) is 16.0. The third-order valence-corrected chi connectivity index (χ3v) is 6.15. The molecule has 2 rings (SSSR count). The first-order chi connectivity index (χ1) is 12.9. The lowest BCUT2D eigenvalue weighted by atomic mass is 10.0. The zero-order valence-corrected chi connectivity index (χ0v) is 16.9. The van der Waals surface area contributed by atoms with Crippen molar-refractivity contribution in [2.24, 2.45) is 0 Å². The quantitative estimate of drug-likeness (QED) is 0.602. The van der Waals surface area contributed by atoms with E-state index < -0.39 is 4.75 Å². The van der Waals surface area contributed by atoms with Gasteiger partial charge in [-0.3, -0.25) is 14.4 Å². The van der Waals surface area contributed by atoms with Gasteiger partial charge in [-0.15, -0.1) is 11.8 Å². The number of carbonyl (C=O) groups is 3. The molecule has 3 amide bonds.